The van der Waals surface area contributed by atoms with E-state index in [1.807, 2.05) is 0 Å². The van der Waals surface area contributed by atoms with Gasteiger partial charge in [-0.05, 0) is 41.5 Å². The van der Waals surface area contributed by atoms with Gasteiger partial charge in [0.05, 0.1) is 33.0 Å². The standard InChI is InChI=1S/C21H22F3NO5/c1-28-17-10-13(11-18(29-2)20(17)30-3)4-9-19(27)25-12-16(26)14-5-7-15(8-6-14)21(22,23)24/h4-11,16,26H,12H2,1-3H3,(H,25,27)/b9-4+. The first kappa shape index (κ1) is 23.1. The fourth-order valence-electron chi connectivity index (χ4n) is 2.64. The third-order valence-corrected chi connectivity index (χ3v) is 4.21. The first-order valence-electron chi connectivity index (χ1n) is 8.80. The number of carbonyl (C=O) groups excluding carboxylic acids is 1. The van der Waals surface area contributed by atoms with Gasteiger partial charge in [-0.25, -0.2) is 0 Å². The highest BCUT2D eigenvalue weighted by Crippen LogP contribution is 2.38. The van der Waals surface area contributed by atoms with E-state index in [-0.39, 0.29) is 12.1 Å². The number of hydrogen-bond acceptors (Lipinski definition) is 5. The highest BCUT2D eigenvalue weighted by molar-refractivity contribution is 5.91. The van der Waals surface area contributed by atoms with Crippen LogP contribution in [0, 0.1) is 0 Å². The maximum Gasteiger partial charge on any atom is 0.416 e. The van der Waals surface area contributed by atoms with Crippen molar-refractivity contribution in [2.75, 3.05) is 27.9 Å². The molecule has 1 amide bonds. The summed E-state index contributed by atoms with van der Waals surface area (Å²) in [5.41, 5.74) is 0.0654. The van der Waals surface area contributed by atoms with Crippen molar-refractivity contribution in [1.82, 2.24) is 5.32 Å². The smallest absolute Gasteiger partial charge is 0.416 e. The Morgan fingerprint density at radius 3 is 2.10 bits per heavy atom. The number of alkyl halides is 3. The molecule has 0 fully saturated rings. The maximum atomic E-state index is 12.6. The van der Waals surface area contributed by atoms with Gasteiger partial charge < -0.3 is 24.6 Å². The van der Waals surface area contributed by atoms with Crippen LogP contribution in [0.25, 0.3) is 6.08 Å². The molecule has 1 atom stereocenters. The first-order chi connectivity index (χ1) is 14.2. The SMILES string of the molecule is COc1cc(/C=C/C(=O)NCC(O)c2ccc(C(F)(F)F)cc2)cc(OC)c1OC. The number of rotatable bonds is 8. The Kier molecular flexibility index (Phi) is 7.71. The van der Waals surface area contributed by atoms with Gasteiger partial charge in [-0.2, -0.15) is 13.2 Å². The van der Waals surface area contributed by atoms with Gasteiger partial charge in [-0.3, -0.25) is 4.79 Å². The molecule has 0 spiro atoms. The van der Waals surface area contributed by atoms with E-state index in [1.54, 1.807) is 12.1 Å². The van der Waals surface area contributed by atoms with Gasteiger partial charge in [-0.15, -0.1) is 0 Å². The Hall–Kier alpha value is -3.20. The Morgan fingerprint density at radius 2 is 1.63 bits per heavy atom. The molecule has 0 heterocycles. The van der Waals surface area contributed by atoms with E-state index in [0.717, 1.165) is 12.1 Å². The highest BCUT2D eigenvalue weighted by atomic mass is 19.4. The number of methoxy groups -OCH3 is 3. The number of aliphatic hydroxyl groups is 1. The van der Waals surface area contributed by atoms with Crippen LogP contribution in [0.2, 0.25) is 0 Å². The monoisotopic (exact) mass is 425 g/mol. The van der Waals surface area contributed by atoms with Crippen molar-refractivity contribution in [3.05, 3.63) is 59.2 Å². The van der Waals surface area contributed by atoms with Gasteiger partial charge >= 0.3 is 6.18 Å². The van der Waals surface area contributed by atoms with Crippen molar-refractivity contribution in [3.8, 4) is 17.2 Å². The second kappa shape index (κ2) is 10.0. The number of benzene rings is 2. The quantitative estimate of drug-likeness (QED) is 0.632. The summed E-state index contributed by atoms with van der Waals surface area (Å²) in [6.45, 7) is -0.163. The molecule has 0 saturated heterocycles. The summed E-state index contributed by atoms with van der Waals surface area (Å²) in [5, 5.41) is 12.6. The predicted molar refractivity (Wildman–Crippen MR) is 105 cm³/mol. The van der Waals surface area contributed by atoms with Gasteiger partial charge in [0.25, 0.3) is 0 Å². The molecule has 2 aromatic carbocycles. The van der Waals surface area contributed by atoms with Crippen LogP contribution in [0.4, 0.5) is 13.2 Å². The number of aliphatic hydroxyl groups excluding tert-OH is 1. The molecule has 0 aromatic heterocycles. The van der Waals surface area contributed by atoms with Gasteiger partial charge in [0, 0.05) is 12.6 Å². The van der Waals surface area contributed by atoms with Crippen LogP contribution in [0.5, 0.6) is 17.2 Å². The van der Waals surface area contributed by atoms with E-state index < -0.39 is 23.8 Å². The van der Waals surface area contributed by atoms with Crippen LogP contribution >= 0.6 is 0 Å². The number of carbonyl (C=O) groups is 1. The average Bonchev–Trinajstić information content (AvgIpc) is 2.74. The van der Waals surface area contributed by atoms with Crippen LogP contribution in [0.3, 0.4) is 0 Å². The topological polar surface area (TPSA) is 77.0 Å². The van der Waals surface area contributed by atoms with Crippen molar-refractivity contribution >= 4 is 12.0 Å². The summed E-state index contributed by atoms with van der Waals surface area (Å²) in [5.74, 6) is 0.778. The minimum Gasteiger partial charge on any atom is -0.493 e. The second-order valence-corrected chi connectivity index (χ2v) is 6.17. The van der Waals surface area contributed by atoms with Crippen LogP contribution in [-0.4, -0.2) is 38.9 Å². The van der Waals surface area contributed by atoms with E-state index in [9.17, 15) is 23.1 Å². The molecule has 162 valence electrons. The van der Waals surface area contributed by atoms with E-state index in [2.05, 4.69) is 5.32 Å². The molecule has 0 aliphatic rings. The van der Waals surface area contributed by atoms with Gasteiger partial charge in [-0.1, -0.05) is 12.1 Å². The van der Waals surface area contributed by atoms with E-state index in [4.69, 9.17) is 14.2 Å². The maximum absolute atomic E-state index is 12.6. The summed E-state index contributed by atoms with van der Waals surface area (Å²) in [7, 11) is 4.42. The molecule has 0 aliphatic carbocycles. The van der Waals surface area contributed by atoms with Crippen molar-refractivity contribution in [1.29, 1.82) is 0 Å². The Bertz CT molecular complexity index is 870. The van der Waals surface area contributed by atoms with Crippen molar-refractivity contribution in [2.45, 2.75) is 12.3 Å². The lowest BCUT2D eigenvalue weighted by molar-refractivity contribution is -0.137. The molecule has 9 heteroatoms. The molecular formula is C21H22F3NO5. The second-order valence-electron chi connectivity index (χ2n) is 6.17. The molecule has 30 heavy (non-hydrogen) atoms. The van der Waals surface area contributed by atoms with E-state index in [0.29, 0.717) is 22.8 Å². The summed E-state index contributed by atoms with van der Waals surface area (Å²) in [6.07, 6.45) is -2.83. The number of ether oxygens (including phenoxy) is 3. The van der Waals surface area contributed by atoms with Crippen LogP contribution < -0.4 is 19.5 Å². The molecule has 0 radical (unpaired) electrons. The summed E-state index contributed by atoms with van der Waals surface area (Å²) >= 11 is 0. The molecule has 2 N–H and O–H groups in total. The summed E-state index contributed by atoms with van der Waals surface area (Å²) in [6, 6.07) is 7.41. The molecule has 6 nitrogen and oxygen atoms in total. The fourth-order valence-corrected chi connectivity index (χ4v) is 2.64. The minimum atomic E-state index is -4.45. The largest absolute Gasteiger partial charge is 0.493 e. The number of hydrogen-bond donors (Lipinski definition) is 2. The lowest BCUT2D eigenvalue weighted by atomic mass is 10.1. The molecule has 0 aliphatic heterocycles. The van der Waals surface area contributed by atoms with Gasteiger partial charge in [0.1, 0.15) is 0 Å². The zero-order valence-corrected chi connectivity index (χ0v) is 16.6. The van der Waals surface area contributed by atoms with Gasteiger partial charge in [0.2, 0.25) is 11.7 Å². The number of halogens is 3. The molecule has 2 rings (SSSR count). The molecular weight excluding hydrogens is 403 g/mol. The lowest BCUT2D eigenvalue weighted by Crippen LogP contribution is -2.26. The zero-order valence-electron chi connectivity index (χ0n) is 16.6. The Morgan fingerprint density at radius 1 is 1.07 bits per heavy atom. The van der Waals surface area contributed by atoms with E-state index >= 15 is 0 Å². The highest BCUT2D eigenvalue weighted by Gasteiger charge is 2.30. The van der Waals surface area contributed by atoms with Crippen molar-refractivity contribution in [2.24, 2.45) is 0 Å². The summed E-state index contributed by atoms with van der Waals surface area (Å²) < 4.78 is 53.5. The van der Waals surface area contributed by atoms with Crippen LogP contribution in [-0.2, 0) is 11.0 Å². The Balaban J connectivity index is 1.99. The minimum absolute atomic E-state index is 0.163. The molecule has 0 saturated carbocycles. The van der Waals surface area contributed by atoms with Crippen LogP contribution in [0.1, 0.15) is 22.8 Å². The fraction of sp³-hybridized carbons (Fsp3) is 0.286. The third kappa shape index (κ3) is 5.90. The van der Waals surface area contributed by atoms with Gasteiger partial charge in [0.15, 0.2) is 11.5 Å². The van der Waals surface area contributed by atoms with E-state index in [1.165, 1.54) is 45.6 Å². The molecule has 2 aromatic rings. The lowest BCUT2D eigenvalue weighted by Gasteiger charge is -2.13. The van der Waals surface area contributed by atoms with Crippen molar-refractivity contribution < 1.29 is 37.3 Å². The Labute approximate surface area is 171 Å². The van der Waals surface area contributed by atoms with Crippen LogP contribution in [0.15, 0.2) is 42.5 Å². The average molecular weight is 425 g/mol. The summed E-state index contributed by atoms with van der Waals surface area (Å²) in [4.78, 5) is 12.0. The molecule has 0 bridgehead atoms. The zero-order chi connectivity index (χ0) is 22.3. The predicted octanol–water partition coefficient (Wildman–Crippen LogP) is 3.59. The normalized spacial score (nSPS) is 12.5. The number of nitrogens with one attached hydrogen (secondary N) is 1. The van der Waals surface area contributed by atoms with Crippen molar-refractivity contribution in [3.63, 3.8) is 0 Å². The molecule has 1 unspecified atom stereocenters. The number of amides is 1. The third-order valence-electron chi connectivity index (χ3n) is 4.21. The first-order valence-corrected chi connectivity index (χ1v) is 8.80.